The number of benzene rings is 10. The number of furan rings is 1. The molecule has 0 bridgehead atoms. The lowest BCUT2D eigenvalue weighted by molar-refractivity contribution is 0.669. The summed E-state index contributed by atoms with van der Waals surface area (Å²) in [5, 5.41) is 7.21. The number of rotatable bonds is 7. The van der Waals surface area contributed by atoms with E-state index in [1.54, 1.807) is 0 Å². The first-order valence-electron chi connectivity index (χ1n) is 19.8. The van der Waals surface area contributed by atoms with Crippen molar-refractivity contribution in [1.29, 1.82) is 0 Å². The Morgan fingerprint density at radius 2 is 0.776 bits per heavy atom. The normalized spacial score (nSPS) is 11.4. The topological polar surface area (TPSA) is 16.4 Å². The summed E-state index contributed by atoms with van der Waals surface area (Å²) in [6, 6.07) is 80.5. The van der Waals surface area contributed by atoms with Crippen molar-refractivity contribution >= 4 is 60.5 Å². The molecule has 1 heterocycles. The van der Waals surface area contributed by atoms with Crippen molar-refractivity contribution in [1.82, 2.24) is 0 Å². The minimum Gasteiger partial charge on any atom is -0.456 e. The van der Waals surface area contributed by atoms with Crippen LogP contribution in [0.15, 0.2) is 229 Å². The van der Waals surface area contributed by atoms with Crippen molar-refractivity contribution in [2.24, 2.45) is 0 Å². The van der Waals surface area contributed by atoms with Gasteiger partial charge in [0, 0.05) is 33.9 Å². The maximum Gasteiger partial charge on any atom is 0.137 e. The number of hydrogen-bond donors (Lipinski definition) is 0. The van der Waals surface area contributed by atoms with E-state index in [4.69, 9.17) is 4.42 Å². The molecule has 0 N–H and O–H groups in total. The maximum atomic E-state index is 6.67. The molecule has 0 spiro atoms. The number of anilines is 3. The van der Waals surface area contributed by atoms with E-state index >= 15 is 0 Å². The molecule has 2 heteroatoms. The van der Waals surface area contributed by atoms with Gasteiger partial charge in [0.05, 0.1) is 0 Å². The molecule has 58 heavy (non-hydrogen) atoms. The molecule has 0 unspecified atom stereocenters. The fraction of sp³-hybridized carbons (Fsp3) is 0. The third-order valence-corrected chi connectivity index (χ3v) is 11.4. The number of hydrogen-bond acceptors (Lipinski definition) is 2. The van der Waals surface area contributed by atoms with Crippen LogP contribution in [0.1, 0.15) is 0 Å². The van der Waals surface area contributed by atoms with E-state index in [2.05, 4.69) is 229 Å². The summed E-state index contributed by atoms with van der Waals surface area (Å²) in [4.78, 5) is 2.36. The second-order valence-corrected chi connectivity index (χ2v) is 14.8. The molecule has 0 aliphatic heterocycles. The van der Waals surface area contributed by atoms with Gasteiger partial charge >= 0.3 is 0 Å². The van der Waals surface area contributed by atoms with Crippen molar-refractivity contribution in [2.45, 2.75) is 0 Å². The number of fused-ring (bicyclic) bond motifs is 6. The fourth-order valence-corrected chi connectivity index (χ4v) is 8.84. The molecule has 0 amide bonds. The van der Waals surface area contributed by atoms with Crippen LogP contribution in [0.25, 0.3) is 88.0 Å². The first-order chi connectivity index (χ1) is 28.8. The van der Waals surface area contributed by atoms with E-state index in [0.717, 1.165) is 44.6 Å². The van der Waals surface area contributed by atoms with Crippen molar-refractivity contribution in [3.8, 4) is 44.5 Å². The Morgan fingerprint density at radius 3 is 1.45 bits per heavy atom. The Bertz CT molecular complexity index is 3260. The largest absolute Gasteiger partial charge is 0.456 e. The third kappa shape index (κ3) is 5.74. The van der Waals surface area contributed by atoms with E-state index in [1.165, 1.54) is 60.5 Å². The average molecular weight is 740 g/mol. The van der Waals surface area contributed by atoms with E-state index in [-0.39, 0.29) is 0 Å². The summed E-state index contributed by atoms with van der Waals surface area (Å²) in [5.74, 6) is 0. The molecule has 2 nitrogen and oxygen atoms in total. The molecule has 1 aromatic heterocycles. The summed E-state index contributed by atoms with van der Waals surface area (Å²) in [6.07, 6.45) is 0. The molecule has 0 aliphatic carbocycles. The predicted octanol–water partition coefficient (Wildman–Crippen LogP) is 16.0. The fourth-order valence-electron chi connectivity index (χ4n) is 8.84. The van der Waals surface area contributed by atoms with Gasteiger partial charge in [-0.2, -0.15) is 0 Å². The lowest BCUT2D eigenvalue weighted by Gasteiger charge is -2.27. The summed E-state index contributed by atoms with van der Waals surface area (Å²) in [6.45, 7) is 0. The Labute approximate surface area is 337 Å². The maximum absolute atomic E-state index is 6.67. The predicted molar refractivity (Wildman–Crippen MR) is 245 cm³/mol. The Morgan fingerprint density at radius 1 is 0.276 bits per heavy atom. The van der Waals surface area contributed by atoms with Gasteiger partial charge < -0.3 is 9.32 Å². The molecular formula is C56H37NO. The van der Waals surface area contributed by atoms with Gasteiger partial charge in [-0.25, -0.2) is 0 Å². The molecule has 0 aliphatic rings. The highest BCUT2D eigenvalue weighted by Crippen LogP contribution is 2.47. The van der Waals surface area contributed by atoms with Gasteiger partial charge in [-0.05, 0) is 109 Å². The van der Waals surface area contributed by atoms with E-state index < -0.39 is 0 Å². The van der Waals surface area contributed by atoms with Gasteiger partial charge in [-0.15, -0.1) is 0 Å². The van der Waals surface area contributed by atoms with Gasteiger partial charge in [0.25, 0.3) is 0 Å². The standard InChI is InChI=1S/C56H37NO/c1-4-16-38(17-5-1)39-30-32-43(33-31-39)57(45-34-35-51-53(37-45)58-52-29-15-28-46(56(51)52)40-18-6-2-7-19-40)44-23-14-22-42(36-44)55-50-27-13-11-25-48(50)47-24-10-12-26-49(47)54(55)41-20-8-3-9-21-41/h1-37H. The van der Waals surface area contributed by atoms with Gasteiger partial charge in [0.2, 0.25) is 0 Å². The zero-order valence-corrected chi connectivity index (χ0v) is 31.7. The van der Waals surface area contributed by atoms with Crippen LogP contribution in [0.3, 0.4) is 0 Å². The highest BCUT2D eigenvalue weighted by molar-refractivity contribution is 6.21. The van der Waals surface area contributed by atoms with Gasteiger partial charge in [0.15, 0.2) is 0 Å². The Balaban J connectivity index is 1.13. The molecule has 272 valence electrons. The van der Waals surface area contributed by atoms with Crippen LogP contribution in [0.5, 0.6) is 0 Å². The average Bonchev–Trinajstić information content (AvgIpc) is 3.68. The molecule has 0 fully saturated rings. The van der Waals surface area contributed by atoms with Crippen LogP contribution in [0.2, 0.25) is 0 Å². The molecule has 0 radical (unpaired) electrons. The zero-order valence-electron chi connectivity index (χ0n) is 31.7. The van der Waals surface area contributed by atoms with E-state index in [1.807, 2.05) is 0 Å². The summed E-state index contributed by atoms with van der Waals surface area (Å²) < 4.78 is 6.67. The summed E-state index contributed by atoms with van der Waals surface area (Å²) in [7, 11) is 0. The first-order valence-corrected chi connectivity index (χ1v) is 19.8. The molecule has 0 saturated heterocycles. The highest BCUT2D eigenvalue weighted by atomic mass is 16.3. The van der Waals surface area contributed by atoms with Gasteiger partial charge in [-0.1, -0.05) is 176 Å². The lowest BCUT2D eigenvalue weighted by atomic mass is 9.85. The summed E-state index contributed by atoms with van der Waals surface area (Å²) in [5.41, 5.74) is 14.4. The molecule has 10 aromatic carbocycles. The van der Waals surface area contributed by atoms with Crippen LogP contribution in [-0.2, 0) is 0 Å². The van der Waals surface area contributed by atoms with Gasteiger partial charge in [-0.3, -0.25) is 0 Å². The SMILES string of the molecule is c1ccc(-c2ccc(N(c3cccc(-c4c(-c5ccccc5)c5ccccc5c5ccccc45)c3)c3ccc4c(c3)oc3cccc(-c5ccccc5)c34)cc2)cc1. The van der Waals surface area contributed by atoms with E-state index in [0.29, 0.717) is 0 Å². The Kier molecular flexibility index (Phi) is 8.19. The zero-order chi connectivity index (χ0) is 38.4. The molecule has 0 saturated carbocycles. The van der Waals surface area contributed by atoms with Crippen LogP contribution < -0.4 is 4.90 Å². The number of nitrogens with zero attached hydrogens (tertiary/aromatic N) is 1. The second-order valence-electron chi connectivity index (χ2n) is 14.8. The van der Waals surface area contributed by atoms with Crippen molar-refractivity contribution in [3.05, 3.63) is 224 Å². The van der Waals surface area contributed by atoms with Crippen molar-refractivity contribution in [2.75, 3.05) is 4.90 Å². The van der Waals surface area contributed by atoms with Crippen molar-refractivity contribution < 1.29 is 4.42 Å². The highest BCUT2D eigenvalue weighted by Gasteiger charge is 2.21. The monoisotopic (exact) mass is 739 g/mol. The molecular weight excluding hydrogens is 703 g/mol. The first kappa shape index (κ1) is 33.6. The van der Waals surface area contributed by atoms with Crippen LogP contribution in [0, 0.1) is 0 Å². The minimum absolute atomic E-state index is 0.852. The van der Waals surface area contributed by atoms with Crippen LogP contribution >= 0.6 is 0 Å². The quantitative estimate of drug-likeness (QED) is 0.151. The van der Waals surface area contributed by atoms with Gasteiger partial charge in [0.1, 0.15) is 11.2 Å². The Hall–Kier alpha value is -7.68. The second kappa shape index (κ2) is 14.1. The molecule has 11 rings (SSSR count). The lowest BCUT2D eigenvalue weighted by Crippen LogP contribution is -2.10. The summed E-state index contributed by atoms with van der Waals surface area (Å²) >= 11 is 0. The molecule has 11 aromatic rings. The van der Waals surface area contributed by atoms with Crippen LogP contribution in [0.4, 0.5) is 17.1 Å². The smallest absolute Gasteiger partial charge is 0.137 e. The van der Waals surface area contributed by atoms with E-state index in [9.17, 15) is 0 Å². The van der Waals surface area contributed by atoms with Crippen molar-refractivity contribution in [3.63, 3.8) is 0 Å². The van der Waals surface area contributed by atoms with Crippen LogP contribution in [-0.4, -0.2) is 0 Å². The minimum atomic E-state index is 0.852. The third-order valence-electron chi connectivity index (χ3n) is 11.4. The molecule has 0 atom stereocenters.